The van der Waals surface area contributed by atoms with Crippen LogP contribution in [0.3, 0.4) is 0 Å². The van der Waals surface area contributed by atoms with Crippen LogP contribution in [0, 0.1) is 45.3 Å². The van der Waals surface area contributed by atoms with Crippen molar-refractivity contribution in [1.82, 2.24) is 19.9 Å². The van der Waals surface area contributed by atoms with Gasteiger partial charge in [0.05, 0.1) is 72.9 Å². The quantitative estimate of drug-likeness (QED) is 0.113. The number of H-pyrrole nitrogens is 2. The first-order valence-electron chi connectivity index (χ1n) is 27.3. The number of ether oxygens (including phenoxy) is 4. The van der Waals surface area contributed by atoms with Gasteiger partial charge in [-0.2, -0.15) is 0 Å². The minimum Gasteiger partial charge on any atom is -0.465 e. The van der Waals surface area contributed by atoms with E-state index in [9.17, 15) is 19.2 Å². The predicted molar refractivity (Wildman–Crippen MR) is 278 cm³/mol. The van der Waals surface area contributed by atoms with E-state index < -0.39 is 21.7 Å². The lowest BCUT2D eigenvalue weighted by Crippen LogP contribution is -2.12. The molecular weight excluding hydrogens is 905 g/mol. The second-order valence-corrected chi connectivity index (χ2v) is 24.7. The first-order chi connectivity index (χ1) is 34.5. The highest BCUT2D eigenvalue weighted by Gasteiger charge is 2.67. The number of carbonyl (C=O) groups excluding carboxylic acids is 4. The maximum absolute atomic E-state index is 14.2. The van der Waals surface area contributed by atoms with Gasteiger partial charge in [0.2, 0.25) is 0 Å². The highest BCUT2D eigenvalue weighted by molar-refractivity contribution is 5.91. The van der Waals surface area contributed by atoms with E-state index >= 15 is 0 Å². The zero-order valence-electron chi connectivity index (χ0n) is 43.7. The average molecular weight is 979 g/mol. The Morgan fingerprint density at radius 1 is 0.347 bits per heavy atom. The Hall–Kier alpha value is -5.52. The molecule has 72 heavy (non-hydrogen) atoms. The minimum atomic E-state index is -0.435. The fourth-order valence-corrected chi connectivity index (χ4v) is 13.9. The molecule has 12 nitrogen and oxygen atoms in total. The largest absolute Gasteiger partial charge is 0.465 e. The van der Waals surface area contributed by atoms with Gasteiger partial charge in [0.1, 0.15) is 0 Å². The fraction of sp³-hybridized carbons (Fsp3) is 0.600. The summed E-state index contributed by atoms with van der Waals surface area (Å²) in [5.74, 6) is -3.18. The summed E-state index contributed by atoms with van der Waals surface area (Å²) >= 11 is 0. The number of rotatable bonds is 0. The number of nitrogens with one attached hydrogen (secondary N) is 2. The minimum absolute atomic E-state index is 0.186. The van der Waals surface area contributed by atoms with Gasteiger partial charge in [0.15, 0.2) is 0 Å². The van der Waals surface area contributed by atoms with E-state index in [0.29, 0.717) is 26.4 Å². The number of aromatic amines is 2. The lowest BCUT2D eigenvalue weighted by atomic mass is 10.0. The first kappa shape index (κ1) is 48.7. The van der Waals surface area contributed by atoms with E-state index in [1.165, 1.54) is 0 Å². The van der Waals surface area contributed by atoms with E-state index in [1.807, 2.05) is 0 Å². The summed E-state index contributed by atoms with van der Waals surface area (Å²) in [6.07, 6.45) is 19.4. The third kappa shape index (κ3) is 8.34. The van der Waals surface area contributed by atoms with Crippen molar-refractivity contribution in [2.24, 2.45) is 45.3 Å². The molecule has 4 saturated carbocycles. The van der Waals surface area contributed by atoms with Crippen molar-refractivity contribution in [2.45, 2.75) is 156 Å². The summed E-state index contributed by atoms with van der Waals surface area (Å²) < 4.78 is 24.3. The smallest absolute Gasteiger partial charge is 0.310 e. The molecule has 12 bridgehead atoms. The standard InChI is InChI=1S/C60H74N4O8/c1-57(2)45-41-33-21-22-34(61-33)42(46-50(58(46,3)4)54(66)70-30-18-14-10-9-13-17-29-69-53(65)49(45)57)39-27-28-40(64-39)44-36-24-23-35(62-36)43(38-26-25-37(41)63-38)47-51(59(47,5)6)55(67)71-31-19-15-11-12-16-20-32-72-56(68)52-48(44)60(52,7)8/h21-28,45-52,63-64H,9-20,29-32H2,1-8H3/t45-,46-,47-,48-,49-,50-,51-,52-/m0/s1. The molecule has 0 aromatic carbocycles. The molecule has 11 rings (SSSR count). The zero-order chi connectivity index (χ0) is 50.5. The summed E-state index contributed by atoms with van der Waals surface area (Å²) in [7, 11) is 0. The molecule has 12 heteroatoms. The molecule has 3 aromatic heterocycles. The van der Waals surface area contributed by atoms with Crippen molar-refractivity contribution in [3.63, 3.8) is 0 Å². The van der Waals surface area contributed by atoms with Crippen molar-refractivity contribution in [2.75, 3.05) is 26.4 Å². The number of nitrogens with zero attached hydrogens (tertiary/aromatic N) is 2. The normalized spacial score (nSPS) is 30.8. The molecule has 0 radical (unpaired) electrons. The van der Waals surface area contributed by atoms with E-state index in [2.05, 4.69) is 114 Å². The maximum Gasteiger partial charge on any atom is 0.310 e. The fourth-order valence-electron chi connectivity index (χ4n) is 13.9. The molecule has 8 atom stereocenters. The Balaban J connectivity index is 1.18. The van der Waals surface area contributed by atoms with E-state index in [-0.39, 0.29) is 71.2 Å². The SMILES string of the molecule is CC1(C)[C@@H]2C(=O)OCCCCCCCCOC(=O)[C@@H]3[C@H](c4c5nc(c(c6ccc([nH]6)c6c7nc(c(c8ccc4[nH]8)[C@H]4[C@@H](C(=O)OCCCCCCCCOC(=O)[C@@H]8[C@H]6C8(C)C)C4(C)C)C=C7)[C@@H]21)C=C5)C3(C)C. The van der Waals surface area contributed by atoms with Crippen molar-refractivity contribution >= 4 is 70.2 Å². The molecule has 0 unspecified atom stereocenters. The maximum atomic E-state index is 14.2. The monoisotopic (exact) mass is 979 g/mol. The number of hydrogen-bond donors (Lipinski definition) is 2. The number of carbonyl (C=O) groups is 4. The molecule has 0 amide bonds. The van der Waals surface area contributed by atoms with Crippen LogP contribution in [-0.4, -0.2) is 70.2 Å². The second kappa shape index (κ2) is 18.1. The average Bonchev–Trinajstić information content (AvgIpc) is 3.95. The van der Waals surface area contributed by atoms with Crippen molar-refractivity contribution < 1.29 is 38.1 Å². The Morgan fingerprint density at radius 3 is 0.778 bits per heavy atom. The van der Waals surface area contributed by atoms with Gasteiger partial charge < -0.3 is 28.9 Å². The van der Waals surface area contributed by atoms with Gasteiger partial charge >= 0.3 is 23.9 Å². The molecule has 7 heterocycles. The van der Waals surface area contributed by atoms with Crippen LogP contribution in [0.15, 0.2) is 24.3 Å². The number of fused-ring (bicyclic) bond motifs is 16. The van der Waals surface area contributed by atoms with Crippen LogP contribution >= 0.6 is 0 Å². The number of esters is 4. The number of cyclic esters (lactones) is 4. The van der Waals surface area contributed by atoms with Gasteiger partial charge in [0, 0.05) is 68.0 Å². The predicted octanol–water partition coefficient (Wildman–Crippen LogP) is 12.5. The van der Waals surface area contributed by atoms with Crippen LogP contribution in [0.2, 0.25) is 0 Å². The van der Waals surface area contributed by atoms with Gasteiger partial charge in [-0.15, -0.1) is 0 Å². The molecule has 8 aliphatic rings. The van der Waals surface area contributed by atoms with Gasteiger partial charge in [-0.1, -0.05) is 107 Å². The van der Waals surface area contributed by atoms with Gasteiger partial charge in [0.25, 0.3) is 0 Å². The number of hydrogen-bond acceptors (Lipinski definition) is 10. The number of aromatic nitrogens is 4. The third-order valence-corrected chi connectivity index (χ3v) is 18.5. The van der Waals surface area contributed by atoms with Crippen LogP contribution in [0.4, 0.5) is 0 Å². The molecule has 4 fully saturated rings. The zero-order valence-corrected chi connectivity index (χ0v) is 43.7. The van der Waals surface area contributed by atoms with Gasteiger partial charge in [-0.05, 0) is 95.9 Å². The summed E-state index contributed by atoms with van der Waals surface area (Å²) in [5.41, 5.74) is 8.24. The summed E-state index contributed by atoms with van der Waals surface area (Å²) in [5, 5.41) is 0. The van der Waals surface area contributed by atoms with Crippen LogP contribution < -0.4 is 0 Å². The molecule has 4 aliphatic carbocycles. The van der Waals surface area contributed by atoms with Crippen LogP contribution in [0.5, 0.6) is 0 Å². The lowest BCUT2D eigenvalue weighted by Gasteiger charge is -2.08. The summed E-state index contributed by atoms with van der Waals surface area (Å²) in [4.78, 5) is 75.6. The van der Waals surface area contributed by atoms with Crippen LogP contribution in [0.25, 0.3) is 46.4 Å². The van der Waals surface area contributed by atoms with Gasteiger partial charge in [-0.25, -0.2) is 9.97 Å². The molecular formula is C60H74N4O8. The second-order valence-electron chi connectivity index (χ2n) is 24.7. The molecule has 2 N–H and O–H groups in total. The summed E-state index contributed by atoms with van der Waals surface area (Å²) in [6, 6.07) is 8.36. The Labute approximate surface area is 423 Å². The van der Waals surface area contributed by atoms with E-state index in [0.717, 1.165) is 144 Å². The molecule has 3 aromatic rings. The first-order valence-corrected chi connectivity index (χ1v) is 27.3. The molecule has 0 spiro atoms. The van der Waals surface area contributed by atoms with E-state index in [1.54, 1.807) is 0 Å². The Morgan fingerprint density at radius 2 is 0.556 bits per heavy atom. The topological polar surface area (TPSA) is 163 Å². The van der Waals surface area contributed by atoms with Crippen molar-refractivity contribution in [3.8, 4) is 0 Å². The Bertz CT molecular complexity index is 2570. The third-order valence-electron chi connectivity index (χ3n) is 18.5. The van der Waals surface area contributed by atoms with Crippen LogP contribution in [0.1, 0.15) is 201 Å². The highest BCUT2D eigenvalue weighted by atomic mass is 16.5. The van der Waals surface area contributed by atoms with Crippen molar-refractivity contribution in [3.05, 3.63) is 69.3 Å². The van der Waals surface area contributed by atoms with Crippen molar-refractivity contribution in [1.29, 1.82) is 0 Å². The summed E-state index contributed by atoms with van der Waals surface area (Å²) in [6.45, 7) is 18.7. The highest BCUT2D eigenvalue weighted by Crippen LogP contribution is 2.70. The Kier molecular flexibility index (Phi) is 12.3. The van der Waals surface area contributed by atoms with Gasteiger partial charge in [-0.3, -0.25) is 19.2 Å². The molecule has 4 aliphatic heterocycles. The molecule has 382 valence electrons. The van der Waals surface area contributed by atoms with E-state index in [4.69, 9.17) is 28.9 Å². The van der Waals surface area contributed by atoms with Crippen LogP contribution in [-0.2, 0) is 38.1 Å². The molecule has 0 saturated heterocycles. The lowest BCUT2D eigenvalue weighted by molar-refractivity contribution is -0.147.